The van der Waals surface area contributed by atoms with Crippen LogP contribution in [0.25, 0.3) is 0 Å². The quantitative estimate of drug-likeness (QED) is 0.350. The van der Waals surface area contributed by atoms with Crippen molar-refractivity contribution < 1.29 is 22.8 Å². The van der Waals surface area contributed by atoms with E-state index in [1.54, 1.807) is 0 Å². The molecule has 1 unspecified atom stereocenters. The minimum absolute atomic E-state index is 0.0585. The summed E-state index contributed by atoms with van der Waals surface area (Å²) in [5, 5.41) is 17.6. The molecule has 0 aromatic heterocycles. The molecule has 0 aromatic rings. The molecule has 1 atom stereocenters. The van der Waals surface area contributed by atoms with E-state index in [4.69, 9.17) is 10.2 Å². The van der Waals surface area contributed by atoms with Gasteiger partial charge in [-0.15, -0.1) is 0 Å². The van der Waals surface area contributed by atoms with Gasteiger partial charge in [0, 0.05) is 13.0 Å². The standard InChI is InChI=1S/C9H20O5S/c1-2-3-4-8-15(12,13)14-9(11)6-5-7-10/h9-11H,2-8H2,1H3. The van der Waals surface area contributed by atoms with Gasteiger partial charge < -0.3 is 10.2 Å². The zero-order chi connectivity index (χ0) is 11.7. The van der Waals surface area contributed by atoms with Crippen molar-refractivity contribution in [3.8, 4) is 0 Å². The second-order valence-corrected chi connectivity index (χ2v) is 5.10. The fraction of sp³-hybridized carbons (Fsp3) is 1.00. The van der Waals surface area contributed by atoms with Gasteiger partial charge in [-0.05, 0) is 12.8 Å². The molecule has 0 spiro atoms. The van der Waals surface area contributed by atoms with Crippen molar-refractivity contribution >= 4 is 10.1 Å². The Balaban J connectivity index is 3.81. The molecule has 0 aromatic carbocycles. The number of unbranched alkanes of at least 4 members (excludes halogenated alkanes) is 2. The summed E-state index contributed by atoms with van der Waals surface area (Å²) in [6, 6.07) is 0. The summed E-state index contributed by atoms with van der Waals surface area (Å²) >= 11 is 0. The van der Waals surface area contributed by atoms with Crippen LogP contribution in [0.3, 0.4) is 0 Å². The summed E-state index contributed by atoms with van der Waals surface area (Å²) in [6.45, 7) is 1.89. The Hall–Kier alpha value is -0.170. The van der Waals surface area contributed by atoms with Crippen LogP contribution in [0.1, 0.15) is 39.0 Å². The summed E-state index contributed by atoms with van der Waals surface area (Å²) in [4.78, 5) is 0. The zero-order valence-electron chi connectivity index (χ0n) is 9.05. The van der Waals surface area contributed by atoms with Crippen LogP contribution in [0.15, 0.2) is 0 Å². The molecule has 0 aliphatic rings. The van der Waals surface area contributed by atoms with Crippen LogP contribution in [0.5, 0.6) is 0 Å². The van der Waals surface area contributed by atoms with Gasteiger partial charge in [0.05, 0.1) is 5.75 Å². The van der Waals surface area contributed by atoms with E-state index < -0.39 is 16.4 Å². The number of rotatable bonds is 9. The van der Waals surface area contributed by atoms with Gasteiger partial charge in [0.15, 0.2) is 6.29 Å². The van der Waals surface area contributed by atoms with Crippen LogP contribution in [0.4, 0.5) is 0 Å². The number of aliphatic hydroxyl groups is 2. The SMILES string of the molecule is CCCCCS(=O)(=O)OC(O)CCCO. The molecule has 5 nitrogen and oxygen atoms in total. The van der Waals surface area contributed by atoms with Crippen LogP contribution in [0, 0.1) is 0 Å². The lowest BCUT2D eigenvalue weighted by atomic mass is 10.3. The maximum Gasteiger partial charge on any atom is 0.269 e. The highest BCUT2D eigenvalue weighted by molar-refractivity contribution is 7.86. The summed E-state index contributed by atoms with van der Waals surface area (Å²) in [7, 11) is -3.62. The van der Waals surface area contributed by atoms with Gasteiger partial charge in [-0.1, -0.05) is 19.8 Å². The average molecular weight is 240 g/mol. The molecule has 0 saturated heterocycles. The van der Waals surface area contributed by atoms with E-state index in [2.05, 4.69) is 4.18 Å². The minimum atomic E-state index is -3.62. The van der Waals surface area contributed by atoms with Crippen molar-refractivity contribution in [3.63, 3.8) is 0 Å². The van der Waals surface area contributed by atoms with E-state index in [0.29, 0.717) is 12.8 Å². The zero-order valence-corrected chi connectivity index (χ0v) is 9.87. The first kappa shape index (κ1) is 14.8. The lowest BCUT2D eigenvalue weighted by Crippen LogP contribution is -2.20. The van der Waals surface area contributed by atoms with Gasteiger partial charge in [-0.2, -0.15) is 8.42 Å². The molecule has 92 valence electrons. The van der Waals surface area contributed by atoms with Crippen molar-refractivity contribution in [2.45, 2.75) is 45.3 Å². The van der Waals surface area contributed by atoms with E-state index in [9.17, 15) is 8.42 Å². The summed E-state index contributed by atoms with van der Waals surface area (Å²) < 4.78 is 27.0. The van der Waals surface area contributed by atoms with Gasteiger partial charge in [0.2, 0.25) is 0 Å². The highest BCUT2D eigenvalue weighted by Crippen LogP contribution is 2.07. The molecule has 0 radical (unpaired) electrons. The van der Waals surface area contributed by atoms with Crippen LogP contribution in [-0.4, -0.2) is 37.3 Å². The summed E-state index contributed by atoms with van der Waals surface area (Å²) in [5.74, 6) is -0.0585. The molecule has 0 heterocycles. The van der Waals surface area contributed by atoms with Gasteiger partial charge in [-0.25, -0.2) is 4.18 Å². The molecule has 0 saturated carbocycles. The molecule has 0 amide bonds. The van der Waals surface area contributed by atoms with Crippen molar-refractivity contribution in [3.05, 3.63) is 0 Å². The van der Waals surface area contributed by atoms with Crippen LogP contribution in [0.2, 0.25) is 0 Å². The largest absolute Gasteiger partial charge is 0.396 e. The fourth-order valence-electron chi connectivity index (χ4n) is 1.06. The molecular weight excluding hydrogens is 220 g/mol. The number of hydrogen-bond donors (Lipinski definition) is 2. The molecule has 0 rings (SSSR count). The van der Waals surface area contributed by atoms with Crippen molar-refractivity contribution in [2.75, 3.05) is 12.4 Å². The van der Waals surface area contributed by atoms with E-state index in [1.807, 2.05) is 6.92 Å². The Morgan fingerprint density at radius 3 is 2.47 bits per heavy atom. The van der Waals surface area contributed by atoms with Crippen LogP contribution >= 0.6 is 0 Å². The third-order valence-corrected chi connectivity index (χ3v) is 3.17. The van der Waals surface area contributed by atoms with Gasteiger partial charge in [-0.3, -0.25) is 0 Å². The molecule has 15 heavy (non-hydrogen) atoms. The first-order chi connectivity index (χ1) is 7.02. The van der Waals surface area contributed by atoms with Gasteiger partial charge >= 0.3 is 0 Å². The van der Waals surface area contributed by atoms with Crippen LogP contribution in [-0.2, 0) is 14.3 Å². The average Bonchev–Trinajstić information content (AvgIpc) is 2.14. The predicted molar refractivity (Wildman–Crippen MR) is 56.7 cm³/mol. The third-order valence-electron chi connectivity index (χ3n) is 1.86. The first-order valence-corrected chi connectivity index (χ1v) is 6.79. The number of hydrogen-bond acceptors (Lipinski definition) is 5. The Morgan fingerprint density at radius 2 is 1.93 bits per heavy atom. The number of aliphatic hydroxyl groups excluding tert-OH is 2. The Morgan fingerprint density at radius 1 is 1.27 bits per heavy atom. The molecule has 0 bridgehead atoms. The lowest BCUT2D eigenvalue weighted by molar-refractivity contribution is -0.0215. The molecule has 6 heteroatoms. The second-order valence-electron chi connectivity index (χ2n) is 3.39. The van der Waals surface area contributed by atoms with Gasteiger partial charge in [0.1, 0.15) is 0 Å². The van der Waals surface area contributed by atoms with E-state index >= 15 is 0 Å². The molecule has 0 fully saturated rings. The van der Waals surface area contributed by atoms with E-state index in [1.165, 1.54) is 0 Å². The lowest BCUT2D eigenvalue weighted by Gasteiger charge is -2.10. The van der Waals surface area contributed by atoms with Gasteiger partial charge in [0.25, 0.3) is 10.1 Å². The smallest absolute Gasteiger partial charge is 0.269 e. The Kier molecular flexibility index (Phi) is 7.95. The maximum absolute atomic E-state index is 11.2. The van der Waals surface area contributed by atoms with E-state index in [-0.39, 0.29) is 18.8 Å². The predicted octanol–water partition coefficient (Wildman–Crippen LogP) is 0.614. The normalized spacial score (nSPS) is 14.1. The first-order valence-electron chi connectivity index (χ1n) is 5.21. The third kappa shape index (κ3) is 8.80. The van der Waals surface area contributed by atoms with Crippen LogP contribution < -0.4 is 0 Å². The fourth-order valence-corrected chi connectivity index (χ4v) is 2.15. The van der Waals surface area contributed by atoms with Crippen molar-refractivity contribution in [1.29, 1.82) is 0 Å². The highest BCUT2D eigenvalue weighted by atomic mass is 32.2. The maximum atomic E-state index is 11.2. The summed E-state index contributed by atoms with van der Waals surface area (Å²) in [6.07, 6.45) is 1.43. The summed E-state index contributed by atoms with van der Waals surface area (Å²) in [5.41, 5.74) is 0. The molecule has 0 aliphatic carbocycles. The molecule has 2 N–H and O–H groups in total. The second kappa shape index (κ2) is 8.04. The molecular formula is C9H20O5S. The monoisotopic (exact) mass is 240 g/mol. The Bertz CT molecular complexity index is 237. The molecule has 0 aliphatic heterocycles. The minimum Gasteiger partial charge on any atom is -0.396 e. The van der Waals surface area contributed by atoms with Crippen molar-refractivity contribution in [2.24, 2.45) is 0 Å². The van der Waals surface area contributed by atoms with E-state index in [0.717, 1.165) is 12.8 Å². The highest BCUT2D eigenvalue weighted by Gasteiger charge is 2.16. The van der Waals surface area contributed by atoms with Crippen molar-refractivity contribution in [1.82, 2.24) is 0 Å². The Labute approximate surface area is 91.2 Å². The topological polar surface area (TPSA) is 83.8 Å².